The molecule has 6 rings (SSSR count). The predicted molar refractivity (Wildman–Crippen MR) is 139 cm³/mol. The number of halogens is 2. The molecule has 0 unspecified atom stereocenters. The zero-order valence-corrected chi connectivity index (χ0v) is 20.9. The fourth-order valence-electron chi connectivity index (χ4n) is 6.64. The van der Waals surface area contributed by atoms with Crippen molar-refractivity contribution in [1.29, 1.82) is 0 Å². The largest absolute Gasteiger partial charge is 0.488 e. The van der Waals surface area contributed by atoms with Crippen LogP contribution in [0.15, 0.2) is 60.7 Å². The van der Waals surface area contributed by atoms with Crippen LogP contribution in [0.4, 0.5) is 5.69 Å². The summed E-state index contributed by atoms with van der Waals surface area (Å²) in [7, 11) is 0. The molecule has 35 heavy (non-hydrogen) atoms. The van der Waals surface area contributed by atoms with Gasteiger partial charge in [-0.05, 0) is 60.2 Å². The summed E-state index contributed by atoms with van der Waals surface area (Å²) in [5.41, 5.74) is 2.04. The van der Waals surface area contributed by atoms with E-state index >= 15 is 0 Å². The lowest BCUT2D eigenvalue weighted by Gasteiger charge is -2.31. The maximum Gasteiger partial charge on any atom is 0.233 e. The Morgan fingerprint density at radius 2 is 1.60 bits per heavy atom. The van der Waals surface area contributed by atoms with Crippen molar-refractivity contribution in [1.82, 2.24) is 0 Å². The number of fused-ring (bicyclic) bond motifs is 5. The zero-order valence-electron chi connectivity index (χ0n) is 19.4. The summed E-state index contributed by atoms with van der Waals surface area (Å²) >= 11 is 12.5. The Morgan fingerprint density at radius 1 is 0.943 bits per heavy atom. The summed E-state index contributed by atoms with van der Waals surface area (Å²) < 4.78 is 6.33. The van der Waals surface area contributed by atoms with Gasteiger partial charge in [0.1, 0.15) is 12.4 Å². The molecule has 0 saturated heterocycles. The highest BCUT2D eigenvalue weighted by atomic mass is 35.5. The summed E-state index contributed by atoms with van der Waals surface area (Å²) in [6, 6.07) is 20.3. The van der Waals surface area contributed by atoms with Gasteiger partial charge in [0.15, 0.2) is 0 Å². The van der Waals surface area contributed by atoms with E-state index in [1.54, 1.807) is 0 Å². The number of hydrogen-bond donors (Lipinski definition) is 0. The fourth-order valence-corrected chi connectivity index (χ4v) is 7.14. The van der Waals surface area contributed by atoms with Crippen molar-refractivity contribution in [2.24, 2.45) is 10.8 Å². The van der Waals surface area contributed by atoms with Gasteiger partial charge in [0.05, 0.1) is 11.1 Å². The molecule has 3 aromatic rings. The third-order valence-electron chi connectivity index (χ3n) is 8.51. The molecule has 1 aliphatic heterocycles. The van der Waals surface area contributed by atoms with Gasteiger partial charge in [-0.3, -0.25) is 9.59 Å². The minimum atomic E-state index is -0.529. The minimum absolute atomic E-state index is 0.0438. The van der Waals surface area contributed by atoms with E-state index in [1.807, 2.05) is 53.4 Å². The number of hydrogen-bond acceptors (Lipinski definition) is 3. The van der Waals surface area contributed by atoms with Crippen LogP contribution >= 0.6 is 23.2 Å². The topological polar surface area (TPSA) is 46.6 Å². The fraction of sp³-hybridized carbons (Fsp3) is 0.379. The van der Waals surface area contributed by atoms with Crippen LogP contribution in [0.5, 0.6) is 5.75 Å². The van der Waals surface area contributed by atoms with Crippen LogP contribution in [0, 0.1) is 10.8 Å². The highest BCUT2D eigenvalue weighted by molar-refractivity contribution is 6.64. The third-order valence-corrected chi connectivity index (χ3v) is 9.28. The van der Waals surface area contributed by atoms with Gasteiger partial charge < -0.3 is 9.64 Å². The van der Waals surface area contributed by atoms with E-state index in [9.17, 15) is 9.59 Å². The van der Waals surface area contributed by atoms with Crippen molar-refractivity contribution in [3.8, 4) is 5.75 Å². The van der Waals surface area contributed by atoms with Crippen molar-refractivity contribution in [3.63, 3.8) is 0 Å². The van der Waals surface area contributed by atoms with Gasteiger partial charge >= 0.3 is 0 Å². The summed E-state index contributed by atoms with van der Waals surface area (Å²) in [5, 5.41) is 1.82. The Balaban J connectivity index is 1.40. The molecule has 2 saturated carbocycles. The number of nitrogens with zero attached hydrogens (tertiary/aromatic N) is 1. The Labute approximate surface area is 215 Å². The molecule has 1 atom stereocenters. The number of ether oxygens (including phenoxy) is 1. The number of anilines is 1. The van der Waals surface area contributed by atoms with E-state index in [0.29, 0.717) is 51.1 Å². The van der Waals surface area contributed by atoms with Crippen LogP contribution in [0.25, 0.3) is 10.8 Å². The monoisotopic (exact) mass is 507 g/mol. The second kappa shape index (κ2) is 8.53. The maximum absolute atomic E-state index is 14.1. The average molecular weight is 508 g/mol. The molecule has 4 nitrogen and oxygen atoms in total. The van der Waals surface area contributed by atoms with Crippen LogP contribution in [0.3, 0.4) is 0 Å². The molecule has 180 valence electrons. The van der Waals surface area contributed by atoms with Gasteiger partial charge in [0.25, 0.3) is 0 Å². The molecule has 6 heteroatoms. The molecule has 3 aliphatic rings. The van der Waals surface area contributed by atoms with E-state index < -0.39 is 10.8 Å². The number of rotatable bonds is 6. The first-order chi connectivity index (χ1) is 17.0. The standard InChI is InChI=1S/C29H27Cl2NO3/c30-15-20-16-32(27(34)29-12-10-28(18-29,11-13-29)26(31)33)23-14-24(35-17-19-6-2-1-3-7-19)21-8-4-5-9-22(21)25(20)23/h1-9,14,20H,10-13,15-18H2/t20-,28?,29?/m1/s1. The molecule has 0 spiro atoms. The molecule has 3 aromatic carbocycles. The first-order valence-electron chi connectivity index (χ1n) is 12.3. The van der Waals surface area contributed by atoms with Crippen molar-refractivity contribution in [3.05, 3.63) is 71.8 Å². The first-order valence-corrected chi connectivity index (χ1v) is 13.2. The first kappa shape index (κ1) is 22.9. The van der Waals surface area contributed by atoms with Gasteiger partial charge in [0, 0.05) is 35.2 Å². The van der Waals surface area contributed by atoms with Crippen molar-refractivity contribution < 1.29 is 14.3 Å². The summed E-state index contributed by atoms with van der Waals surface area (Å²) in [6.45, 7) is 0.994. The highest BCUT2D eigenvalue weighted by Gasteiger charge is 2.62. The lowest BCUT2D eigenvalue weighted by Crippen LogP contribution is -2.41. The number of alkyl halides is 1. The van der Waals surface area contributed by atoms with E-state index in [2.05, 4.69) is 12.1 Å². The lowest BCUT2D eigenvalue weighted by atomic mass is 9.81. The van der Waals surface area contributed by atoms with Crippen LogP contribution in [0.2, 0.25) is 0 Å². The van der Waals surface area contributed by atoms with Crippen LogP contribution in [-0.4, -0.2) is 23.6 Å². The van der Waals surface area contributed by atoms with Gasteiger partial charge in [-0.1, -0.05) is 54.6 Å². The SMILES string of the molecule is O=C(Cl)C12CCC(C(=O)N3C[C@@H](CCl)c4c3cc(OCc3ccccc3)c3ccccc43)(CC1)C2. The lowest BCUT2D eigenvalue weighted by molar-refractivity contribution is -0.127. The molecule has 1 heterocycles. The second-order valence-electron chi connectivity index (χ2n) is 10.4. The Hall–Kier alpha value is -2.56. The molecule has 1 amide bonds. The second-order valence-corrected chi connectivity index (χ2v) is 11.1. The number of carbonyl (C=O) groups is 2. The normalized spacial score (nSPS) is 26.8. The predicted octanol–water partition coefficient (Wildman–Crippen LogP) is 6.80. The Kier molecular flexibility index (Phi) is 5.58. The zero-order chi connectivity index (χ0) is 24.2. The molecule has 0 aromatic heterocycles. The van der Waals surface area contributed by atoms with Gasteiger partial charge in [-0.2, -0.15) is 0 Å². The number of benzene rings is 3. The average Bonchev–Trinajstić information content (AvgIpc) is 3.59. The third kappa shape index (κ3) is 3.56. The van der Waals surface area contributed by atoms with Crippen LogP contribution in [-0.2, 0) is 16.2 Å². The van der Waals surface area contributed by atoms with Gasteiger partial charge in [-0.25, -0.2) is 0 Å². The summed E-state index contributed by atoms with van der Waals surface area (Å²) in [4.78, 5) is 28.2. The van der Waals surface area contributed by atoms with E-state index in [-0.39, 0.29) is 17.1 Å². The van der Waals surface area contributed by atoms with E-state index in [1.165, 1.54) is 0 Å². The molecular weight excluding hydrogens is 481 g/mol. The molecule has 2 bridgehead atoms. The van der Waals surface area contributed by atoms with E-state index in [4.69, 9.17) is 27.9 Å². The minimum Gasteiger partial charge on any atom is -0.488 e. The Bertz CT molecular complexity index is 1310. The summed E-state index contributed by atoms with van der Waals surface area (Å²) in [5.74, 6) is 1.34. The number of amides is 1. The summed E-state index contributed by atoms with van der Waals surface area (Å²) in [6.07, 6.45) is 3.39. The van der Waals surface area contributed by atoms with Crippen molar-refractivity contribution in [2.45, 2.75) is 44.6 Å². The Morgan fingerprint density at radius 3 is 2.26 bits per heavy atom. The van der Waals surface area contributed by atoms with E-state index in [0.717, 1.165) is 33.3 Å². The maximum atomic E-state index is 14.1. The highest BCUT2D eigenvalue weighted by Crippen LogP contribution is 2.63. The van der Waals surface area contributed by atoms with Crippen molar-refractivity contribution in [2.75, 3.05) is 17.3 Å². The number of carbonyl (C=O) groups excluding carboxylic acids is 2. The van der Waals surface area contributed by atoms with Crippen LogP contribution in [0.1, 0.15) is 49.1 Å². The van der Waals surface area contributed by atoms with Gasteiger partial charge in [0.2, 0.25) is 11.1 Å². The van der Waals surface area contributed by atoms with Crippen LogP contribution < -0.4 is 9.64 Å². The van der Waals surface area contributed by atoms with Gasteiger partial charge in [-0.15, -0.1) is 11.6 Å². The smallest absolute Gasteiger partial charge is 0.233 e. The molecule has 2 fully saturated rings. The van der Waals surface area contributed by atoms with Crippen molar-refractivity contribution >= 4 is 50.8 Å². The molecular formula is C29H27Cl2NO3. The molecule has 0 radical (unpaired) electrons. The molecule has 0 N–H and O–H groups in total. The molecule has 2 aliphatic carbocycles. The quantitative estimate of drug-likeness (QED) is 0.272.